The van der Waals surface area contributed by atoms with Crippen LogP contribution in [0.3, 0.4) is 0 Å². The minimum Gasteiger partial charge on any atom is -0.733 e. The third-order valence-corrected chi connectivity index (χ3v) is 4.13. The van der Waals surface area contributed by atoms with E-state index in [0.29, 0.717) is 10.4 Å². The monoisotopic (exact) mass is 292 g/mol. The van der Waals surface area contributed by atoms with Crippen molar-refractivity contribution in [1.29, 1.82) is 0 Å². The van der Waals surface area contributed by atoms with Gasteiger partial charge in [-0.2, -0.15) is 0 Å². The highest BCUT2D eigenvalue weighted by Gasteiger charge is 2.49. The van der Waals surface area contributed by atoms with Crippen molar-refractivity contribution < 1.29 is 19.5 Å². The molecule has 2 aromatic rings. The van der Waals surface area contributed by atoms with Crippen LogP contribution in [-0.4, -0.2) is 18.3 Å². The van der Waals surface area contributed by atoms with E-state index in [4.69, 9.17) is 14.7 Å². The van der Waals surface area contributed by atoms with Crippen molar-refractivity contribution in [3.63, 3.8) is 0 Å². The Kier molecular flexibility index (Phi) is 2.98. The second kappa shape index (κ2) is 4.57. The summed E-state index contributed by atoms with van der Waals surface area (Å²) < 4.78 is 10.8. The highest BCUT2D eigenvalue weighted by Crippen LogP contribution is 2.46. The van der Waals surface area contributed by atoms with Crippen molar-refractivity contribution in [2.24, 2.45) is 0 Å². The lowest BCUT2D eigenvalue weighted by Gasteiger charge is -2.26. The molecule has 6 nitrogen and oxygen atoms in total. The van der Waals surface area contributed by atoms with Crippen molar-refractivity contribution in [2.45, 2.75) is 5.79 Å². The van der Waals surface area contributed by atoms with E-state index in [0.717, 1.165) is 0 Å². The van der Waals surface area contributed by atoms with Gasteiger partial charge in [0.1, 0.15) is 0 Å². The van der Waals surface area contributed by atoms with Crippen LogP contribution in [-0.2, 0) is 15.3 Å². The lowest BCUT2D eigenvalue weighted by Crippen LogP contribution is -2.28. The van der Waals surface area contributed by atoms with Crippen LogP contribution in [0.4, 0.5) is 5.69 Å². The standard InChI is InChI=1S/C13H10NO5S/c1-18-13(10-6-3-7-20-10)8-4-2-5-9(14(16)17)11(8)12(15)19-13/h2-7,16H,1H3/q-1. The van der Waals surface area contributed by atoms with Crippen LogP contribution in [0, 0.1) is 5.21 Å². The van der Waals surface area contributed by atoms with Crippen molar-refractivity contribution in [1.82, 2.24) is 0 Å². The third kappa shape index (κ3) is 1.65. The zero-order valence-corrected chi connectivity index (χ0v) is 11.2. The number of thiophene rings is 1. The predicted octanol–water partition coefficient (Wildman–Crippen LogP) is 2.46. The Hall–Kier alpha value is -1.93. The minimum absolute atomic E-state index is 0.0141. The molecule has 1 atom stereocenters. The predicted molar refractivity (Wildman–Crippen MR) is 71.6 cm³/mol. The Bertz CT molecular complexity index is 655. The maximum Gasteiger partial charge on any atom is 0.343 e. The fourth-order valence-corrected chi connectivity index (χ4v) is 3.18. The molecular weight excluding hydrogens is 282 g/mol. The number of fused-ring (bicyclic) bond motifs is 1. The number of rotatable bonds is 3. The van der Waals surface area contributed by atoms with Gasteiger partial charge in [-0.1, -0.05) is 18.2 Å². The fraction of sp³-hybridized carbons (Fsp3) is 0.154. The molecule has 1 aliphatic rings. The van der Waals surface area contributed by atoms with E-state index >= 15 is 0 Å². The average Bonchev–Trinajstić information content (AvgIpc) is 3.06. The van der Waals surface area contributed by atoms with E-state index in [9.17, 15) is 10.0 Å². The first-order valence-corrected chi connectivity index (χ1v) is 6.60. The number of methoxy groups -OCH3 is 1. The third-order valence-electron chi connectivity index (χ3n) is 3.18. The van der Waals surface area contributed by atoms with Crippen LogP contribution in [0.2, 0.25) is 0 Å². The molecule has 0 saturated heterocycles. The van der Waals surface area contributed by atoms with Gasteiger partial charge in [-0.25, -0.2) is 4.79 Å². The van der Waals surface area contributed by atoms with Crippen molar-refractivity contribution in [3.05, 3.63) is 56.9 Å². The number of anilines is 1. The summed E-state index contributed by atoms with van der Waals surface area (Å²) in [5, 5.41) is 21.8. The molecule has 3 rings (SSSR count). The molecular formula is C13H10NO5S-. The summed E-state index contributed by atoms with van der Waals surface area (Å²) >= 11 is 1.37. The van der Waals surface area contributed by atoms with Crippen LogP contribution < -0.4 is 5.23 Å². The molecule has 0 radical (unpaired) electrons. The van der Waals surface area contributed by atoms with Gasteiger partial charge >= 0.3 is 5.97 Å². The van der Waals surface area contributed by atoms with Gasteiger partial charge in [-0.15, -0.1) is 11.3 Å². The van der Waals surface area contributed by atoms with Crippen molar-refractivity contribution in [3.8, 4) is 0 Å². The number of carbonyl (C=O) groups excluding carboxylic acids is 1. The van der Waals surface area contributed by atoms with Gasteiger partial charge in [0.15, 0.2) is 0 Å². The summed E-state index contributed by atoms with van der Waals surface area (Å²) in [6.45, 7) is 0. The molecule has 0 saturated carbocycles. The second-order valence-corrected chi connectivity index (χ2v) is 5.11. The number of esters is 1. The normalized spacial score (nSPS) is 20.6. The second-order valence-electron chi connectivity index (χ2n) is 4.16. The van der Waals surface area contributed by atoms with Gasteiger partial charge in [0.25, 0.3) is 5.79 Å². The van der Waals surface area contributed by atoms with Crippen molar-refractivity contribution >= 4 is 23.0 Å². The van der Waals surface area contributed by atoms with Crippen molar-refractivity contribution in [2.75, 3.05) is 12.3 Å². The molecule has 1 aromatic carbocycles. The summed E-state index contributed by atoms with van der Waals surface area (Å²) in [4.78, 5) is 12.8. The maximum atomic E-state index is 12.1. The van der Waals surface area contributed by atoms with E-state index in [-0.39, 0.29) is 16.5 Å². The zero-order chi connectivity index (χ0) is 14.3. The Morgan fingerprint density at radius 2 is 2.20 bits per heavy atom. The van der Waals surface area contributed by atoms with Gasteiger partial charge in [-0.3, -0.25) is 5.21 Å². The van der Waals surface area contributed by atoms with Gasteiger partial charge in [-0.05, 0) is 17.5 Å². The Labute approximate surface area is 118 Å². The lowest BCUT2D eigenvalue weighted by atomic mass is 9.99. The zero-order valence-electron chi connectivity index (χ0n) is 10.4. The highest BCUT2D eigenvalue weighted by molar-refractivity contribution is 7.10. The molecule has 104 valence electrons. The first kappa shape index (κ1) is 13.1. The number of hydrogen-bond acceptors (Lipinski definition) is 7. The highest BCUT2D eigenvalue weighted by atomic mass is 32.1. The molecule has 0 spiro atoms. The van der Waals surface area contributed by atoms with E-state index in [1.165, 1.54) is 24.5 Å². The van der Waals surface area contributed by atoms with Crippen LogP contribution in [0.1, 0.15) is 20.8 Å². The number of nitrogens with zero attached hydrogens (tertiary/aromatic N) is 1. The van der Waals surface area contributed by atoms with E-state index in [1.54, 1.807) is 18.2 Å². The van der Waals surface area contributed by atoms with E-state index < -0.39 is 11.8 Å². The van der Waals surface area contributed by atoms with Crippen LogP contribution >= 0.6 is 11.3 Å². The Morgan fingerprint density at radius 3 is 2.80 bits per heavy atom. The number of ether oxygens (including phenoxy) is 2. The quantitative estimate of drug-likeness (QED) is 0.691. The molecule has 2 heterocycles. The molecule has 20 heavy (non-hydrogen) atoms. The number of hydrogen-bond donors (Lipinski definition) is 1. The first-order chi connectivity index (χ1) is 9.60. The van der Waals surface area contributed by atoms with E-state index in [2.05, 4.69) is 0 Å². The first-order valence-electron chi connectivity index (χ1n) is 5.72. The summed E-state index contributed by atoms with van der Waals surface area (Å²) in [5.41, 5.74) is 0.253. The topological polar surface area (TPSA) is 82.1 Å². The summed E-state index contributed by atoms with van der Waals surface area (Å²) in [6.07, 6.45) is 0. The molecule has 0 bridgehead atoms. The van der Waals surface area contributed by atoms with Gasteiger partial charge in [0, 0.05) is 12.7 Å². The Balaban J connectivity index is 2.26. The van der Waals surface area contributed by atoms with Gasteiger partial charge in [0.05, 0.1) is 16.1 Å². The average molecular weight is 292 g/mol. The molecule has 7 heteroatoms. The lowest BCUT2D eigenvalue weighted by molar-refractivity contribution is -0.152. The largest absolute Gasteiger partial charge is 0.733 e. The molecule has 1 unspecified atom stereocenters. The van der Waals surface area contributed by atoms with E-state index in [1.807, 2.05) is 11.4 Å². The number of carbonyl (C=O) groups is 1. The fourth-order valence-electron chi connectivity index (χ4n) is 2.33. The molecule has 1 aliphatic heterocycles. The summed E-state index contributed by atoms with van der Waals surface area (Å²) in [7, 11) is 1.42. The van der Waals surface area contributed by atoms with Gasteiger partial charge in [0.2, 0.25) is 0 Å². The summed E-state index contributed by atoms with van der Waals surface area (Å²) in [5.74, 6) is -2.08. The Morgan fingerprint density at radius 1 is 1.40 bits per heavy atom. The molecule has 0 aliphatic carbocycles. The number of cyclic esters (lactones) is 1. The molecule has 1 aromatic heterocycles. The minimum atomic E-state index is -1.37. The molecule has 0 amide bonds. The smallest absolute Gasteiger partial charge is 0.343 e. The van der Waals surface area contributed by atoms with Gasteiger partial charge < -0.3 is 19.9 Å². The summed E-state index contributed by atoms with van der Waals surface area (Å²) in [6, 6.07) is 8.11. The number of benzene rings is 1. The molecule has 0 fully saturated rings. The molecule has 1 N–H and O–H groups in total. The van der Waals surface area contributed by atoms with Crippen LogP contribution in [0.25, 0.3) is 0 Å². The SMILES string of the molecule is COC1(c2cccs2)OC(=O)c2c(N([O-])O)cccc21. The van der Waals surface area contributed by atoms with Crippen LogP contribution in [0.15, 0.2) is 35.7 Å². The van der Waals surface area contributed by atoms with Crippen LogP contribution in [0.5, 0.6) is 0 Å². The maximum absolute atomic E-state index is 12.1.